The number of hydrogen-bond donors (Lipinski definition) is 0. The topological polar surface area (TPSA) is 42.7 Å². The van der Waals surface area contributed by atoms with E-state index in [4.69, 9.17) is 13.3 Å². The molecule has 0 aliphatic heterocycles. The minimum absolute atomic E-state index is 0.839. The number of anilines is 3. The van der Waals surface area contributed by atoms with Crippen molar-refractivity contribution >= 4 is 93.7 Å². The summed E-state index contributed by atoms with van der Waals surface area (Å²) in [5.41, 5.74) is 12.7. The lowest BCUT2D eigenvalue weighted by molar-refractivity contribution is 0.668. The van der Waals surface area contributed by atoms with Crippen molar-refractivity contribution in [3.63, 3.8) is 0 Å². The second kappa shape index (κ2) is 12.0. The summed E-state index contributed by atoms with van der Waals surface area (Å²) in [4.78, 5) is 2.29. The third-order valence-corrected chi connectivity index (χ3v) is 11.2. The van der Waals surface area contributed by atoms with E-state index in [1.54, 1.807) is 0 Å². The number of rotatable bonds is 5. The zero-order chi connectivity index (χ0) is 36.7. The summed E-state index contributed by atoms with van der Waals surface area (Å²) in [5, 5.41) is 8.99. The van der Waals surface area contributed by atoms with Gasteiger partial charge in [-0.1, -0.05) is 103 Å². The fourth-order valence-electron chi connectivity index (χ4n) is 8.52. The first-order valence-corrected chi connectivity index (χ1v) is 18.9. The van der Waals surface area contributed by atoms with E-state index in [1.165, 1.54) is 10.8 Å². The van der Waals surface area contributed by atoms with Gasteiger partial charge in [0.2, 0.25) is 0 Å². The average Bonchev–Trinajstić information content (AvgIpc) is 3.94. The van der Waals surface area contributed by atoms with Crippen molar-refractivity contribution < 1.29 is 13.3 Å². The SMILES string of the molecule is c1ccc(N(c2ccc3ccccc3c2)c2ccc3c(c2)oc2c(-c4ccc5c(c4)oc4cc(-c6ccc7oc8ccccc8c7c6)ccc45)cccc23)cc1. The van der Waals surface area contributed by atoms with Crippen molar-refractivity contribution in [3.8, 4) is 22.3 Å². The van der Waals surface area contributed by atoms with Gasteiger partial charge in [0.15, 0.2) is 0 Å². The van der Waals surface area contributed by atoms with Crippen LogP contribution in [0, 0.1) is 0 Å². The Morgan fingerprint density at radius 1 is 0.286 bits per heavy atom. The maximum atomic E-state index is 6.79. The molecule has 262 valence electrons. The second-order valence-corrected chi connectivity index (χ2v) is 14.5. The molecule has 56 heavy (non-hydrogen) atoms. The van der Waals surface area contributed by atoms with Crippen LogP contribution in [-0.4, -0.2) is 0 Å². The summed E-state index contributed by atoms with van der Waals surface area (Å²) in [7, 11) is 0. The third-order valence-electron chi connectivity index (χ3n) is 11.2. The molecule has 0 aliphatic carbocycles. The van der Waals surface area contributed by atoms with Gasteiger partial charge in [-0.2, -0.15) is 0 Å². The minimum atomic E-state index is 0.839. The van der Waals surface area contributed by atoms with Gasteiger partial charge in [-0.25, -0.2) is 0 Å². The Morgan fingerprint density at radius 3 is 1.77 bits per heavy atom. The van der Waals surface area contributed by atoms with Gasteiger partial charge in [0, 0.05) is 61.0 Å². The summed E-state index contributed by atoms with van der Waals surface area (Å²) < 4.78 is 19.5. The van der Waals surface area contributed by atoms with Crippen molar-refractivity contribution in [3.05, 3.63) is 188 Å². The molecule has 0 aliphatic rings. The Bertz CT molecular complexity index is 3500. The first-order valence-electron chi connectivity index (χ1n) is 18.9. The summed E-state index contributed by atoms with van der Waals surface area (Å²) in [6.45, 7) is 0. The van der Waals surface area contributed by atoms with E-state index in [9.17, 15) is 0 Å². The predicted octanol–water partition coefficient (Wildman–Crippen LogP) is 15.3. The lowest BCUT2D eigenvalue weighted by Crippen LogP contribution is -2.09. The Kier molecular flexibility index (Phi) is 6.60. The van der Waals surface area contributed by atoms with E-state index < -0.39 is 0 Å². The zero-order valence-corrected chi connectivity index (χ0v) is 30.1. The number of benzene rings is 9. The Balaban J connectivity index is 0.940. The predicted molar refractivity (Wildman–Crippen MR) is 231 cm³/mol. The molecule has 9 aromatic carbocycles. The molecule has 0 amide bonds. The highest BCUT2D eigenvalue weighted by molar-refractivity contribution is 6.12. The van der Waals surface area contributed by atoms with E-state index in [-0.39, 0.29) is 0 Å². The number of para-hydroxylation sites is 3. The van der Waals surface area contributed by atoms with E-state index in [2.05, 4.69) is 181 Å². The minimum Gasteiger partial charge on any atom is -0.456 e. The van der Waals surface area contributed by atoms with Crippen LogP contribution in [0.3, 0.4) is 0 Å². The maximum Gasteiger partial charge on any atom is 0.143 e. The molecule has 0 atom stereocenters. The fraction of sp³-hybridized carbons (Fsp3) is 0. The molecule has 0 spiro atoms. The Morgan fingerprint density at radius 2 is 0.875 bits per heavy atom. The number of fused-ring (bicyclic) bond motifs is 10. The average molecular weight is 718 g/mol. The lowest BCUT2D eigenvalue weighted by atomic mass is 9.99. The molecule has 0 radical (unpaired) electrons. The fourth-order valence-corrected chi connectivity index (χ4v) is 8.52. The standard InChI is InChI=1S/C52H31NO3/c1-2-11-37(12-3-1)53(38-21-17-32-9-4-5-10-33(32)27-38)39-22-25-44-45-15-8-14-40(52(45)56-51(44)31-39)36-19-24-43-42-23-18-35(29-49(42)55-50(43)30-36)34-20-26-48-46(28-34)41-13-6-7-16-47(41)54-48/h1-31H. The molecule has 4 nitrogen and oxygen atoms in total. The number of nitrogens with zero attached hydrogens (tertiary/aromatic N) is 1. The highest BCUT2D eigenvalue weighted by Crippen LogP contribution is 2.43. The molecular weight excluding hydrogens is 687 g/mol. The first-order chi connectivity index (χ1) is 27.7. The highest BCUT2D eigenvalue weighted by atomic mass is 16.3. The van der Waals surface area contributed by atoms with Crippen molar-refractivity contribution in [1.82, 2.24) is 0 Å². The normalized spacial score (nSPS) is 11.9. The van der Waals surface area contributed by atoms with Crippen LogP contribution in [0.5, 0.6) is 0 Å². The Labute approximate surface area is 321 Å². The van der Waals surface area contributed by atoms with Crippen LogP contribution in [0.1, 0.15) is 0 Å². The quantitative estimate of drug-likeness (QED) is 0.178. The molecule has 0 saturated carbocycles. The molecule has 0 unspecified atom stereocenters. The summed E-state index contributed by atoms with van der Waals surface area (Å²) in [5.74, 6) is 0. The van der Waals surface area contributed by atoms with Crippen LogP contribution in [0.15, 0.2) is 201 Å². The van der Waals surface area contributed by atoms with Crippen molar-refractivity contribution in [2.75, 3.05) is 4.90 Å². The lowest BCUT2D eigenvalue weighted by Gasteiger charge is -2.25. The molecule has 3 aromatic heterocycles. The van der Waals surface area contributed by atoms with Crippen LogP contribution in [0.4, 0.5) is 17.1 Å². The molecule has 4 heteroatoms. The van der Waals surface area contributed by atoms with Crippen LogP contribution in [-0.2, 0) is 0 Å². The van der Waals surface area contributed by atoms with Gasteiger partial charge in [0.1, 0.15) is 33.5 Å². The largest absolute Gasteiger partial charge is 0.456 e. The van der Waals surface area contributed by atoms with E-state index in [1.807, 2.05) is 12.1 Å². The molecule has 12 aromatic rings. The van der Waals surface area contributed by atoms with Gasteiger partial charge in [0.05, 0.1) is 0 Å². The van der Waals surface area contributed by atoms with Crippen molar-refractivity contribution in [2.45, 2.75) is 0 Å². The van der Waals surface area contributed by atoms with Crippen molar-refractivity contribution in [1.29, 1.82) is 0 Å². The molecule has 0 saturated heterocycles. The number of furan rings is 3. The van der Waals surface area contributed by atoms with E-state index >= 15 is 0 Å². The maximum absolute atomic E-state index is 6.79. The van der Waals surface area contributed by atoms with Gasteiger partial charge >= 0.3 is 0 Å². The van der Waals surface area contributed by atoms with Crippen molar-refractivity contribution in [2.24, 2.45) is 0 Å². The van der Waals surface area contributed by atoms with Gasteiger partial charge in [-0.15, -0.1) is 0 Å². The van der Waals surface area contributed by atoms with Gasteiger partial charge in [-0.05, 0) is 106 Å². The zero-order valence-electron chi connectivity index (χ0n) is 30.1. The van der Waals surface area contributed by atoms with Gasteiger partial charge in [0.25, 0.3) is 0 Å². The first kappa shape index (κ1) is 30.9. The summed E-state index contributed by atoms with van der Waals surface area (Å²) in [6, 6.07) is 66.1. The highest BCUT2D eigenvalue weighted by Gasteiger charge is 2.19. The monoisotopic (exact) mass is 717 g/mol. The van der Waals surface area contributed by atoms with E-state index in [0.717, 1.165) is 105 Å². The molecule has 0 bridgehead atoms. The van der Waals surface area contributed by atoms with Crippen LogP contribution < -0.4 is 4.90 Å². The third kappa shape index (κ3) is 4.79. The summed E-state index contributed by atoms with van der Waals surface area (Å²) in [6.07, 6.45) is 0. The molecule has 12 rings (SSSR count). The Hall–Kier alpha value is -7.56. The molecule has 0 fully saturated rings. The van der Waals surface area contributed by atoms with Crippen LogP contribution >= 0.6 is 0 Å². The molecule has 0 N–H and O–H groups in total. The summed E-state index contributed by atoms with van der Waals surface area (Å²) >= 11 is 0. The second-order valence-electron chi connectivity index (χ2n) is 14.5. The van der Waals surface area contributed by atoms with Gasteiger partial charge < -0.3 is 18.2 Å². The van der Waals surface area contributed by atoms with Gasteiger partial charge in [-0.3, -0.25) is 0 Å². The smallest absolute Gasteiger partial charge is 0.143 e. The van der Waals surface area contributed by atoms with E-state index in [0.29, 0.717) is 0 Å². The molecular formula is C52H31NO3. The van der Waals surface area contributed by atoms with Crippen LogP contribution in [0.2, 0.25) is 0 Å². The van der Waals surface area contributed by atoms with Crippen LogP contribution in [0.25, 0.3) is 98.8 Å². The molecule has 3 heterocycles. The number of hydrogen-bond acceptors (Lipinski definition) is 4.